The molecule has 5 nitrogen and oxygen atoms in total. The molecule has 0 radical (unpaired) electrons. The van der Waals surface area contributed by atoms with Crippen molar-refractivity contribution in [3.8, 4) is 0 Å². The normalized spacial score (nSPS) is 32.4. The highest BCUT2D eigenvalue weighted by molar-refractivity contribution is 5.91. The lowest BCUT2D eigenvalue weighted by atomic mass is 9.91. The van der Waals surface area contributed by atoms with Gasteiger partial charge in [-0.25, -0.2) is 0 Å². The van der Waals surface area contributed by atoms with Crippen molar-refractivity contribution in [2.75, 3.05) is 26.2 Å². The van der Waals surface area contributed by atoms with Crippen molar-refractivity contribution in [2.45, 2.75) is 39.2 Å². The van der Waals surface area contributed by atoms with Crippen LogP contribution in [0.1, 0.15) is 33.1 Å². The quantitative estimate of drug-likeness (QED) is 0.767. The molecule has 0 aromatic carbocycles. The zero-order valence-corrected chi connectivity index (χ0v) is 12.4. The van der Waals surface area contributed by atoms with Gasteiger partial charge < -0.3 is 15.5 Å². The van der Waals surface area contributed by atoms with Gasteiger partial charge in [0.05, 0.1) is 0 Å². The van der Waals surface area contributed by atoms with E-state index in [0.717, 1.165) is 32.4 Å². The van der Waals surface area contributed by atoms with Gasteiger partial charge in [0.2, 0.25) is 11.8 Å². The van der Waals surface area contributed by atoms with Crippen molar-refractivity contribution >= 4 is 11.8 Å². The number of carbonyl (C=O) groups excluding carboxylic acids is 2. The predicted octanol–water partition coefficient (Wildman–Crippen LogP) is 0.359. The molecule has 3 fully saturated rings. The summed E-state index contributed by atoms with van der Waals surface area (Å²) in [6.45, 7) is 7.34. The van der Waals surface area contributed by atoms with Gasteiger partial charge in [0.15, 0.2) is 0 Å². The molecule has 5 heteroatoms. The van der Waals surface area contributed by atoms with E-state index in [0.29, 0.717) is 13.1 Å². The fraction of sp³-hybridized carbons (Fsp3) is 0.867. The molecular formula is C15H25N3O2. The van der Waals surface area contributed by atoms with Crippen LogP contribution >= 0.6 is 0 Å². The number of rotatable bonds is 2. The van der Waals surface area contributed by atoms with E-state index in [9.17, 15) is 9.59 Å². The molecule has 1 saturated carbocycles. The first-order valence-corrected chi connectivity index (χ1v) is 7.84. The molecule has 0 bridgehead atoms. The fourth-order valence-electron chi connectivity index (χ4n) is 3.97. The number of amides is 2. The summed E-state index contributed by atoms with van der Waals surface area (Å²) in [6.07, 6.45) is 3.24. The Morgan fingerprint density at radius 1 is 1.30 bits per heavy atom. The number of nitrogens with zero attached hydrogens (tertiary/aromatic N) is 1. The SMILES string of the molecule is CC(C)C1C(=O)NCCN1C(=O)C1CC12CCNCC2. The Morgan fingerprint density at radius 3 is 2.65 bits per heavy atom. The molecule has 2 amide bonds. The lowest BCUT2D eigenvalue weighted by molar-refractivity contribution is -0.146. The molecule has 112 valence electrons. The molecule has 3 rings (SSSR count). The maximum Gasteiger partial charge on any atom is 0.243 e. The molecule has 1 aliphatic carbocycles. The molecule has 2 aliphatic heterocycles. The van der Waals surface area contributed by atoms with Gasteiger partial charge in [-0.3, -0.25) is 9.59 Å². The van der Waals surface area contributed by atoms with Crippen LogP contribution in [0.3, 0.4) is 0 Å². The maximum absolute atomic E-state index is 12.8. The average Bonchev–Trinajstić information content (AvgIpc) is 3.11. The van der Waals surface area contributed by atoms with Crippen LogP contribution < -0.4 is 10.6 Å². The van der Waals surface area contributed by atoms with Gasteiger partial charge in [-0.05, 0) is 43.7 Å². The molecule has 20 heavy (non-hydrogen) atoms. The third kappa shape index (κ3) is 2.22. The van der Waals surface area contributed by atoms with Gasteiger partial charge in [0.1, 0.15) is 6.04 Å². The van der Waals surface area contributed by atoms with Gasteiger partial charge >= 0.3 is 0 Å². The van der Waals surface area contributed by atoms with Crippen molar-refractivity contribution < 1.29 is 9.59 Å². The second-order valence-corrected chi connectivity index (χ2v) is 6.88. The number of hydrogen-bond donors (Lipinski definition) is 2. The summed E-state index contributed by atoms with van der Waals surface area (Å²) in [4.78, 5) is 26.7. The topological polar surface area (TPSA) is 61.4 Å². The van der Waals surface area contributed by atoms with Crippen molar-refractivity contribution in [3.05, 3.63) is 0 Å². The molecule has 3 aliphatic rings. The van der Waals surface area contributed by atoms with Gasteiger partial charge in [0, 0.05) is 19.0 Å². The minimum atomic E-state index is -0.282. The molecule has 2 atom stereocenters. The number of carbonyl (C=O) groups is 2. The third-order valence-electron chi connectivity index (χ3n) is 5.26. The van der Waals surface area contributed by atoms with Crippen LogP contribution in [0.25, 0.3) is 0 Å². The van der Waals surface area contributed by atoms with Gasteiger partial charge in [0.25, 0.3) is 0 Å². The van der Waals surface area contributed by atoms with E-state index in [-0.39, 0.29) is 35.1 Å². The summed E-state index contributed by atoms with van der Waals surface area (Å²) in [5.74, 6) is 0.568. The summed E-state index contributed by atoms with van der Waals surface area (Å²) in [5, 5.41) is 6.25. The summed E-state index contributed by atoms with van der Waals surface area (Å²) < 4.78 is 0. The van der Waals surface area contributed by atoms with E-state index in [1.807, 2.05) is 18.7 Å². The first kappa shape index (κ1) is 13.9. The third-order valence-corrected chi connectivity index (χ3v) is 5.26. The zero-order valence-electron chi connectivity index (χ0n) is 12.4. The lowest BCUT2D eigenvalue weighted by Crippen LogP contribution is -2.59. The smallest absolute Gasteiger partial charge is 0.243 e. The minimum absolute atomic E-state index is 0.0135. The minimum Gasteiger partial charge on any atom is -0.353 e. The van der Waals surface area contributed by atoms with Gasteiger partial charge in [-0.1, -0.05) is 13.8 Å². The molecule has 0 aromatic heterocycles. The van der Waals surface area contributed by atoms with Crippen LogP contribution in [0.15, 0.2) is 0 Å². The Kier molecular flexibility index (Phi) is 3.48. The highest BCUT2D eigenvalue weighted by Crippen LogP contribution is 2.59. The first-order valence-electron chi connectivity index (χ1n) is 7.84. The predicted molar refractivity (Wildman–Crippen MR) is 76.0 cm³/mol. The summed E-state index contributed by atoms with van der Waals surface area (Å²) in [5.41, 5.74) is 0.248. The molecular weight excluding hydrogens is 254 g/mol. The Hall–Kier alpha value is -1.10. The van der Waals surface area contributed by atoms with E-state index in [1.165, 1.54) is 0 Å². The van der Waals surface area contributed by atoms with Gasteiger partial charge in [-0.15, -0.1) is 0 Å². The fourth-order valence-corrected chi connectivity index (χ4v) is 3.97. The number of nitrogens with one attached hydrogen (secondary N) is 2. The molecule has 1 spiro atoms. The van der Waals surface area contributed by atoms with Crippen molar-refractivity contribution in [3.63, 3.8) is 0 Å². The first-order chi connectivity index (χ1) is 9.55. The molecule has 2 saturated heterocycles. The lowest BCUT2D eigenvalue weighted by Gasteiger charge is -2.38. The number of hydrogen-bond acceptors (Lipinski definition) is 3. The van der Waals surface area contributed by atoms with Crippen LogP contribution in [-0.2, 0) is 9.59 Å². The van der Waals surface area contributed by atoms with Crippen LogP contribution in [0.5, 0.6) is 0 Å². The zero-order chi connectivity index (χ0) is 14.3. The van der Waals surface area contributed by atoms with Crippen LogP contribution in [0.4, 0.5) is 0 Å². The van der Waals surface area contributed by atoms with E-state index >= 15 is 0 Å². The Balaban J connectivity index is 1.71. The Labute approximate surface area is 120 Å². The highest BCUT2D eigenvalue weighted by Gasteiger charge is 2.59. The molecule has 2 heterocycles. The second kappa shape index (κ2) is 5.02. The van der Waals surface area contributed by atoms with Crippen LogP contribution in [0.2, 0.25) is 0 Å². The van der Waals surface area contributed by atoms with Crippen molar-refractivity contribution in [2.24, 2.45) is 17.3 Å². The van der Waals surface area contributed by atoms with E-state index in [2.05, 4.69) is 10.6 Å². The van der Waals surface area contributed by atoms with E-state index < -0.39 is 0 Å². The van der Waals surface area contributed by atoms with Gasteiger partial charge in [-0.2, -0.15) is 0 Å². The van der Waals surface area contributed by atoms with Crippen molar-refractivity contribution in [1.82, 2.24) is 15.5 Å². The number of piperazine rings is 1. The molecule has 2 N–H and O–H groups in total. The van der Waals surface area contributed by atoms with E-state index in [1.54, 1.807) is 0 Å². The maximum atomic E-state index is 12.8. The summed E-state index contributed by atoms with van der Waals surface area (Å²) in [7, 11) is 0. The summed E-state index contributed by atoms with van der Waals surface area (Å²) in [6, 6.07) is -0.282. The second-order valence-electron chi connectivity index (χ2n) is 6.88. The monoisotopic (exact) mass is 279 g/mol. The average molecular weight is 279 g/mol. The largest absolute Gasteiger partial charge is 0.353 e. The van der Waals surface area contributed by atoms with E-state index in [4.69, 9.17) is 0 Å². The number of piperidine rings is 1. The molecule has 2 unspecified atom stereocenters. The molecule has 0 aromatic rings. The Bertz CT molecular complexity index is 415. The summed E-state index contributed by atoms with van der Waals surface area (Å²) >= 11 is 0. The van der Waals surface area contributed by atoms with Crippen molar-refractivity contribution in [1.29, 1.82) is 0 Å². The highest BCUT2D eigenvalue weighted by atomic mass is 16.2. The standard InChI is InChI=1S/C15H25N3O2/c1-10(2)12-13(19)17-7-8-18(12)14(20)11-9-15(11)3-5-16-6-4-15/h10-12,16H,3-9H2,1-2H3,(H,17,19). The van der Waals surface area contributed by atoms with Crippen LogP contribution in [0, 0.1) is 17.3 Å². The Morgan fingerprint density at radius 2 is 2.00 bits per heavy atom. The van der Waals surface area contributed by atoms with Crippen LogP contribution in [-0.4, -0.2) is 48.9 Å².